The Labute approximate surface area is 150 Å². The summed E-state index contributed by atoms with van der Waals surface area (Å²) in [5.74, 6) is -0.0567. The number of hydrogen-bond donors (Lipinski definition) is 2. The van der Waals surface area contributed by atoms with Gasteiger partial charge in [-0.05, 0) is 24.6 Å². The molecule has 1 aromatic heterocycles. The van der Waals surface area contributed by atoms with Crippen LogP contribution in [-0.2, 0) is 14.3 Å². The Balaban J connectivity index is 1.59. The van der Waals surface area contributed by atoms with E-state index in [4.69, 9.17) is 24.4 Å². The molecule has 2 atom stereocenters. The van der Waals surface area contributed by atoms with Crippen LogP contribution in [0.4, 0.5) is 0 Å². The third-order valence-corrected chi connectivity index (χ3v) is 3.82. The summed E-state index contributed by atoms with van der Waals surface area (Å²) in [6.45, 7) is 0.571. The smallest absolute Gasteiger partial charge is 0.290 e. The first kappa shape index (κ1) is 18.0. The number of amides is 2. The average Bonchev–Trinajstić information content (AvgIpc) is 3.10. The Morgan fingerprint density at radius 1 is 1.19 bits per heavy atom. The molecule has 0 saturated carbocycles. The van der Waals surface area contributed by atoms with Crippen LogP contribution in [0.15, 0.2) is 46.9 Å². The van der Waals surface area contributed by atoms with Crippen molar-refractivity contribution in [1.29, 1.82) is 0 Å². The molecule has 0 radical (unpaired) electrons. The van der Waals surface area contributed by atoms with Gasteiger partial charge in [-0.15, -0.1) is 0 Å². The van der Waals surface area contributed by atoms with Gasteiger partial charge in [0.15, 0.2) is 5.76 Å². The van der Waals surface area contributed by atoms with Gasteiger partial charge in [-0.2, -0.15) is 0 Å². The van der Waals surface area contributed by atoms with E-state index in [1.807, 2.05) is 18.2 Å². The van der Waals surface area contributed by atoms with Gasteiger partial charge in [0.05, 0.1) is 18.8 Å². The summed E-state index contributed by atoms with van der Waals surface area (Å²) in [7, 11) is 0. The summed E-state index contributed by atoms with van der Waals surface area (Å²) in [6, 6.07) is 11.8. The molecule has 1 aliphatic rings. The van der Waals surface area contributed by atoms with Gasteiger partial charge >= 0.3 is 0 Å². The van der Waals surface area contributed by atoms with E-state index in [1.165, 1.54) is 6.07 Å². The van der Waals surface area contributed by atoms with E-state index in [-0.39, 0.29) is 31.0 Å². The number of furan rings is 1. The van der Waals surface area contributed by atoms with E-state index in [0.717, 1.165) is 0 Å². The van der Waals surface area contributed by atoms with E-state index in [1.54, 1.807) is 18.2 Å². The van der Waals surface area contributed by atoms with Gasteiger partial charge in [0, 0.05) is 12.7 Å². The van der Waals surface area contributed by atoms with Crippen molar-refractivity contribution >= 4 is 11.8 Å². The molecule has 2 heterocycles. The van der Waals surface area contributed by atoms with Crippen molar-refractivity contribution in [2.75, 3.05) is 19.8 Å². The summed E-state index contributed by atoms with van der Waals surface area (Å²) in [5.41, 5.74) is 5.10. The van der Waals surface area contributed by atoms with Crippen LogP contribution in [0, 0.1) is 0 Å². The number of primary amides is 1. The Kier molecular flexibility index (Phi) is 5.88. The molecule has 8 heteroatoms. The van der Waals surface area contributed by atoms with Crippen molar-refractivity contribution in [3.63, 3.8) is 0 Å². The molecule has 3 N–H and O–H groups in total. The van der Waals surface area contributed by atoms with Crippen molar-refractivity contribution in [2.45, 2.75) is 18.6 Å². The van der Waals surface area contributed by atoms with Gasteiger partial charge < -0.3 is 29.7 Å². The van der Waals surface area contributed by atoms with Crippen LogP contribution in [0.3, 0.4) is 0 Å². The van der Waals surface area contributed by atoms with Crippen LogP contribution in [0.5, 0.6) is 11.7 Å². The van der Waals surface area contributed by atoms with Crippen molar-refractivity contribution < 1.29 is 28.2 Å². The van der Waals surface area contributed by atoms with Gasteiger partial charge in [-0.25, -0.2) is 0 Å². The summed E-state index contributed by atoms with van der Waals surface area (Å²) in [4.78, 5) is 23.3. The maximum absolute atomic E-state index is 12.4. The number of ether oxygens (including phenoxy) is 3. The lowest BCUT2D eigenvalue weighted by Crippen LogP contribution is -2.51. The standard InChI is InChI=1S/C18H20N2O6/c19-16(21)11-24-14-8-9-23-10-13(14)20-18(22)15-6-7-17(26-15)25-12-4-2-1-3-5-12/h1-7,13-14H,8-11H2,(H2,19,21)(H,20,22)/t13-,14+/m1/s1. The molecule has 0 bridgehead atoms. The highest BCUT2D eigenvalue weighted by Crippen LogP contribution is 2.23. The molecule has 138 valence electrons. The fraction of sp³-hybridized carbons (Fsp3) is 0.333. The van der Waals surface area contributed by atoms with Gasteiger partial charge in [0.1, 0.15) is 12.4 Å². The second-order valence-electron chi connectivity index (χ2n) is 5.79. The zero-order chi connectivity index (χ0) is 18.4. The number of para-hydroxylation sites is 1. The molecule has 26 heavy (non-hydrogen) atoms. The maximum atomic E-state index is 12.4. The summed E-state index contributed by atoms with van der Waals surface area (Å²) >= 11 is 0. The minimum absolute atomic E-state index is 0.107. The average molecular weight is 360 g/mol. The van der Waals surface area contributed by atoms with Crippen LogP contribution in [-0.4, -0.2) is 43.8 Å². The predicted molar refractivity (Wildman–Crippen MR) is 90.8 cm³/mol. The van der Waals surface area contributed by atoms with Crippen LogP contribution < -0.4 is 15.8 Å². The number of hydrogen-bond acceptors (Lipinski definition) is 6. The normalized spacial score (nSPS) is 19.7. The topological polar surface area (TPSA) is 113 Å². The Bertz CT molecular complexity index is 745. The second-order valence-corrected chi connectivity index (χ2v) is 5.79. The molecule has 0 unspecified atom stereocenters. The summed E-state index contributed by atoms with van der Waals surface area (Å²) in [6.07, 6.45) is 0.203. The predicted octanol–water partition coefficient (Wildman–Crippen LogP) is 1.46. The van der Waals surface area contributed by atoms with E-state index >= 15 is 0 Å². The van der Waals surface area contributed by atoms with Crippen molar-refractivity contribution in [3.8, 4) is 11.7 Å². The third-order valence-electron chi connectivity index (χ3n) is 3.82. The van der Waals surface area contributed by atoms with Gasteiger partial charge in [0.25, 0.3) is 11.9 Å². The molecule has 1 aliphatic heterocycles. The molecule has 0 spiro atoms. The number of rotatable bonds is 7. The lowest BCUT2D eigenvalue weighted by atomic mass is 10.1. The largest absolute Gasteiger partial charge is 0.426 e. The Morgan fingerprint density at radius 3 is 2.77 bits per heavy atom. The summed E-state index contributed by atoms with van der Waals surface area (Å²) in [5, 5.41) is 2.80. The lowest BCUT2D eigenvalue weighted by molar-refractivity contribution is -0.128. The molecular formula is C18H20N2O6. The molecule has 3 rings (SSSR count). The van der Waals surface area contributed by atoms with Crippen molar-refractivity contribution in [3.05, 3.63) is 48.2 Å². The van der Waals surface area contributed by atoms with Gasteiger partial charge in [0.2, 0.25) is 5.91 Å². The van der Waals surface area contributed by atoms with E-state index < -0.39 is 17.9 Å². The number of nitrogens with one attached hydrogen (secondary N) is 1. The van der Waals surface area contributed by atoms with Gasteiger partial charge in [-0.1, -0.05) is 18.2 Å². The monoisotopic (exact) mass is 360 g/mol. The van der Waals surface area contributed by atoms with Crippen molar-refractivity contribution in [1.82, 2.24) is 5.32 Å². The van der Waals surface area contributed by atoms with E-state index in [0.29, 0.717) is 18.8 Å². The number of carbonyl (C=O) groups excluding carboxylic acids is 2. The fourth-order valence-electron chi connectivity index (χ4n) is 2.58. The zero-order valence-corrected chi connectivity index (χ0v) is 14.1. The molecule has 2 amide bonds. The van der Waals surface area contributed by atoms with E-state index in [2.05, 4.69) is 5.32 Å². The maximum Gasteiger partial charge on any atom is 0.290 e. The lowest BCUT2D eigenvalue weighted by Gasteiger charge is -2.31. The molecule has 1 aromatic carbocycles. The number of carbonyl (C=O) groups is 2. The molecule has 0 aliphatic carbocycles. The second kappa shape index (κ2) is 8.50. The van der Waals surface area contributed by atoms with Crippen LogP contribution in [0.1, 0.15) is 17.0 Å². The Hall–Kier alpha value is -2.84. The Morgan fingerprint density at radius 2 is 2.00 bits per heavy atom. The minimum Gasteiger partial charge on any atom is -0.426 e. The van der Waals surface area contributed by atoms with Crippen LogP contribution in [0.25, 0.3) is 0 Å². The molecule has 1 fully saturated rings. The fourth-order valence-corrected chi connectivity index (χ4v) is 2.58. The van der Waals surface area contributed by atoms with Crippen LogP contribution >= 0.6 is 0 Å². The molecule has 1 saturated heterocycles. The molecule has 8 nitrogen and oxygen atoms in total. The van der Waals surface area contributed by atoms with Gasteiger partial charge in [-0.3, -0.25) is 9.59 Å². The first-order valence-electron chi connectivity index (χ1n) is 8.23. The highest BCUT2D eigenvalue weighted by molar-refractivity contribution is 5.91. The highest BCUT2D eigenvalue weighted by Gasteiger charge is 2.29. The van der Waals surface area contributed by atoms with E-state index in [9.17, 15) is 9.59 Å². The SMILES string of the molecule is NC(=O)CO[C@H]1CCOC[C@H]1NC(=O)c1ccc(Oc2ccccc2)o1. The minimum atomic E-state index is -0.560. The first-order chi connectivity index (χ1) is 12.6. The first-order valence-corrected chi connectivity index (χ1v) is 8.23. The van der Waals surface area contributed by atoms with Crippen LogP contribution in [0.2, 0.25) is 0 Å². The summed E-state index contributed by atoms with van der Waals surface area (Å²) < 4.78 is 21.8. The quantitative estimate of drug-likeness (QED) is 0.773. The zero-order valence-electron chi connectivity index (χ0n) is 14.1. The third kappa shape index (κ3) is 4.84. The number of nitrogens with two attached hydrogens (primary N) is 1. The molecular weight excluding hydrogens is 340 g/mol. The van der Waals surface area contributed by atoms with Crippen molar-refractivity contribution in [2.24, 2.45) is 5.73 Å². The number of benzene rings is 1. The molecule has 2 aromatic rings. The highest BCUT2D eigenvalue weighted by atomic mass is 16.6.